The Hall–Kier alpha value is -0.870. The molecule has 0 aliphatic heterocycles. The number of nitrogen functional groups attached to an aromatic ring is 1. The average molecular weight is 255 g/mol. The summed E-state index contributed by atoms with van der Waals surface area (Å²) in [5.74, 6) is 0.604. The highest BCUT2D eigenvalue weighted by Crippen LogP contribution is 2.29. The molecule has 0 saturated carbocycles. The van der Waals surface area contributed by atoms with Crippen molar-refractivity contribution >= 4 is 33.1 Å². The van der Waals surface area contributed by atoms with Crippen LogP contribution in [0.15, 0.2) is 34.2 Å². The molecule has 0 spiro atoms. The molecule has 0 amide bonds. The van der Waals surface area contributed by atoms with Crippen LogP contribution in [0.5, 0.6) is 0 Å². The van der Waals surface area contributed by atoms with Gasteiger partial charge in [0.1, 0.15) is 5.82 Å². The molecule has 66 valence electrons. The van der Waals surface area contributed by atoms with Crippen molar-refractivity contribution in [3.8, 4) is 10.4 Å². The van der Waals surface area contributed by atoms with E-state index in [9.17, 15) is 0 Å². The SMILES string of the molecule is Nc1ncsc1-c1ccc(Br)cc1. The van der Waals surface area contributed by atoms with Crippen LogP contribution in [0, 0.1) is 0 Å². The molecule has 0 radical (unpaired) electrons. The number of anilines is 1. The van der Waals surface area contributed by atoms with Crippen LogP contribution in [0.1, 0.15) is 0 Å². The van der Waals surface area contributed by atoms with Gasteiger partial charge < -0.3 is 5.73 Å². The lowest BCUT2D eigenvalue weighted by Crippen LogP contribution is -1.86. The number of benzene rings is 1. The highest BCUT2D eigenvalue weighted by atomic mass is 79.9. The molecule has 0 unspecified atom stereocenters. The third-order valence-corrected chi connectivity index (χ3v) is 3.12. The smallest absolute Gasteiger partial charge is 0.142 e. The van der Waals surface area contributed by atoms with Crippen LogP contribution in [0.4, 0.5) is 5.82 Å². The van der Waals surface area contributed by atoms with E-state index in [1.54, 1.807) is 16.8 Å². The molecule has 0 bridgehead atoms. The van der Waals surface area contributed by atoms with Gasteiger partial charge in [-0.25, -0.2) is 4.98 Å². The van der Waals surface area contributed by atoms with Gasteiger partial charge in [-0.15, -0.1) is 11.3 Å². The van der Waals surface area contributed by atoms with Gasteiger partial charge >= 0.3 is 0 Å². The van der Waals surface area contributed by atoms with Gasteiger partial charge in [0.15, 0.2) is 0 Å². The second kappa shape index (κ2) is 3.47. The summed E-state index contributed by atoms with van der Waals surface area (Å²) in [5.41, 5.74) is 8.57. The highest BCUT2D eigenvalue weighted by molar-refractivity contribution is 9.10. The Balaban J connectivity index is 2.47. The van der Waals surface area contributed by atoms with Crippen LogP contribution < -0.4 is 5.73 Å². The van der Waals surface area contributed by atoms with Crippen LogP contribution >= 0.6 is 27.3 Å². The summed E-state index contributed by atoms with van der Waals surface area (Å²) in [6.07, 6.45) is 0. The van der Waals surface area contributed by atoms with Crippen molar-refractivity contribution in [1.29, 1.82) is 0 Å². The number of halogens is 1. The van der Waals surface area contributed by atoms with Gasteiger partial charge in [0, 0.05) is 4.47 Å². The Bertz CT molecular complexity index is 408. The fourth-order valence-electron chi connectivity index (χ4n) is 1.07. The summed E-state index contributed by atoms with van der Waals surface area (Å²) in [6, 6.07) is 8.03. The summed E-state index contributed by atoms with van der Waals surface area (Å²) in [7, 11) is 0. The predicted octanol–water partition coefficient (Wildman–Crippen LogP) is 3.15. The van der Waals surface area contributed by atoms with Crippen molar-refractivity contribution < 1.29 is 0 Å². The van der Waals surface area contributed by atoms with E-state index in [1.165, 1.54) is 0 Å². The zero-order valence-corrected chi connectivity index (χ0v) is 9.10. The van der Waals surface area contributed by atoms with Gasteiger partial charge in [0.05, 0.1) is 10.4 Å². The van der Waals surface area contributed by atoms with Crippen molar-refractivity contribution in [2.24, 2.45) is 0 Å². The second-order valence-corrected chi connectivity index (χ2v) is 4.34. The number of nitrogens with zero attached hydrogens (tertiary/aromatic N) is 1. The van der Waals surface area contributed by atoms with Crippen LogP contribution in [-0.2, 0) is 0 Å². The predicted molar refractivity (Wildman–Crippen MR) is 59.7 cm³/mol. The number of rotatable bonds is 1. The van der Waals surface area contributed by atoms with Crippen molar-refractivity contribution in [3.63, 3.8) is 0 Å². The summed E-state index contributed by atoms with van der Waals surface area (Å²) in [4.78, 5) is 5.03. The standard InChI is InChI=1S/C9H7BrN2S/c10-7-3-1-6(2-4-7)8-9(11)12-5-13-8/h1-5H,11H2. The first-order valence-corrected chi connectivity index (χ1v) is 5.39. The largest absolute Gasteiger partial charge is 0.382 e. The molecule has 0 saturated heterocycles. The molecule has 0 fully saturated rings. The molecule has 2 nitrogen and oxygen atoms in total. The molecule has 0 atom stereocenters. The minimum atomic E-state index is 0.604. The fraction of sp³-hybridized carbons (Fsp3) is 0. The van der Waals surface area contributed by atoms with Crippen LogP contribution in [0.2, 0.25) is 0 Å². The van der Waals surface area contributed by atoms with E-state index in [4.69, 9.17) is 5.73 Å². The lowest BCUT2D eigenvalue weighted by atomic mass is 10.2. The number of aromatic nitrogens is 1. The molecule has 2 rings (SSSR count). The number of hydrogen-bond acceptors (Lipinski definition) is 3. The zero-order valence-electron chi connectivity index (χ0n) is 6.70. The molecule has 2 N–H and O–H groups in total. The Kier molecular flexibility index (Phi) is 2.33. The monoisotopic (exact) mass is 254 g/mol. The van der Waals surface area contributed by atoms with Crippen molar-refractivity contribution in [3.05, 3.63) is 34.2 Å². The Labute approximate surface area is 88.6 Å². The number of thiazole rings is 1. The van der Waals surface area contributed by atoms with Crippen LogP contribution in [0.25, 0.3) is 10.4 Å². The van der Waals surface area contributed by atoms with E-state index in [0.29, 0.717) is 5.82 Å². The van der Waals surface area contributed by atoms with Gasteiger partial charge in [-0.1, -0.05) is 28.1 Å². The van der Waals surface area contributed by atoms with Gasteiger partial charge in [-0.2, -0.15) is 0 Å². The first-order valence-electron chi connectivity index (χ1n) is 3.72. The Morgan fingerprint density at radius 3 is 2.46 bits per heavy atom. The molecular formula is C9H7BrN2S. The van der Waals surface area contributed by atoms with E-state index in [-0.39, 0.29) is 0 Å². The average Bonchev–Trinajstić information content (AvgIpc) is 2.53. The molecule has 0 aliphatic rings. The maximum Gasteiger partial charge on any atom is 0.142 e. The lowest BCUT2D eigenvalue weighted by Gasteiger charge is -1.97. The van der Waals surface area contributed by atoms with Crippen LogP contribution in [-0.4, -0.2) is 4.98 Å². The Morgan fingerprint density at radius 2 is 1.92 bits per heavy atom. The van der Waals surface area contributed by atoms with Gasteiger partial charge in [-0.3, -0.25) is 0 Å². The van der Waals surface area contributed by atoms with Crippen LogP contribution in [0.3, 0.4) is 0 Å². The molecule has 13 heavy (non-hydrogen) atoms. The maximum atomic E-state index is 5.70. The third kappa shape index (κ3) is 1.73. The molecule has 1 heterocycles. The normalized spacial score (nSPS) is 10.2. The third-order valence-electron chi connectivity index (χ3n) is 1.70. The summed E-state index contributed by atoms with van der Waals surface area (Å²) in [5, 5.41) is 0. The quantitative estimate of drug-likeness (QED) is 0.850. The first-order chi connectivity index (χ1) is 6.27. The molecule has 1 aromatic heterocycles. The van der Waals surface area contributed by atoms with Gasteiger partial charge in [-0.05, 0) is 17.7 Å². The maximum absolute atomic E-state index is 5.70. The zero-order chi connectivity index (χ0) is 9.26. The number of nitrogens with two attached hydrogens (primary N) is 1. The molecular weight excluding hydrogens is 248 g/mol. The number of hydrogen-bond donors (Lipinski definition) is 1. The van der Waals surface area contributed by atoms with E-state index in [1.807, 2.05) is 24.3 Å². The van der Waals surface area contributed by atoms with Gasteiger partial charge in [0.25, 0.3) is 0 Å². The molecule has 1 aromatic carbocycles. The van der Waals surface area contributed by atoms with E-state index < -0.39 is 0 Å². The highest BCUT2D eigenvalue weighted by Gasteiger charge is 2.04. The van der Waals surface area contributed by atoms with E-state index in [2.05, 4.69) is 20.9 Å². The minimum Gasteiger partial charge on any atom is -0.382 e. The molecule has 2 aromatic rings. The fourth-order valence-corrected chi connectivity index (χ4v) is 2.05. The summed E-state index contributed by atoms with van der Waals surface area (Å²) < 4.78 is 1.07. The second-order valence-electron chi connectivity index (χ2n) is 2.57. The van der Waals surface area contributed by atoms with Crippen molar-refractivity contribution in [2.45, 2.75) is 0 Å². The van der Waals surface area contributed by atoms with E-state index in [0.717, 1.165) is 14.9 Å². The summed E-state index contributed by atoms with van der Waals surface area (Å²) in [6.45, 7) is 0. The lowest BCUT2D eigenvalue weighted by molar-refractivity contribution is 1.42. The summed E-state index contributed by atoms with van der Waals surface area (Å²) >= 11 is 4.94. The minimum absolute atomic E-state index is 0.604. The van der Waals surface area contributed by atoms with Gasteiger partial charge in [0.2, 0.25) is 0 Å². The molecule has 4 heteroatoms. The Morgan fingerprint density at radius 1 is 1.23 bits per heavy atom. The first kappa shape index (κ1) is 8.72. The topological polar surface area (TPSA) is 38.9 Å². The van der Waals surface area contributed by atoms with Crippen molar-refractivity contribution in [2.75, 3.05) is 5.73 Å². The van der Waals surface area contributed by atoms with Crippen molar-refractivity contribution in [1.82, 2.24) is 4.98 Å². The van der Waals surface area contributed by atoms with E-state index >= 15 is 0 Å². The molecule has 0 aliphatic carbocycles.